The van der Waals surface area contributed by atoms with Crippen LogP contribution in [0.25, 0.3) is 0 Å². The predicted octanol–water partition coefficient (Wildman–Crippen LogP) is 3.47. The normalized spacial score (nSPS) is 10.1. The molecule has 0 atom stereocenters. The average molecular weight is 430 g/mol. The van der Waals surface area contributed by atoms with Crippen LogP contribution in [-0.2, 0) is 14.3 Å². The van der Waals surface area contributed by atoms with E-state index in [-0.39, 0.29) is 24.3 Å². The Morgan fingerprint density at radius 2 is 1.68 bits per heavy atom. The van der Waals surface area contributed by atoms with Crippen molar-refractivity contribution in [2.24, 2.45) is 0 Å². The van der Waals surface area contributed by atoms with Crippen LogP contribution < -0.4 is 15.4 Å². The van der Waals surface area contributed by atoms with Crippen molar-refractivity contribution >= 4 is 29.4 Å². The maximum absolute atomic E-state index is 13.5. The van der Waals surface area contributed by atoms with Crippen molar-refractivity contribution in [2.45, 2.75) is 26.2 Å². The summed E-state index contributed by atoms with van der Waals surface area (Å²) in [6, 6.07) is 11.0. The first kappa shape index (κ1) is 23.5. The van der Waals surface area contributed by atoms with Gasteiger partial charge in [-0.15, -0.1) is 0 Å². The van der Waals surface area contributed by atoms with Crippen molar-refractivity contribution in [2.75, 3.05) is 18.5 Å². The summed E-state index contributed by atoms with van der Waals surface area (Å²) in [5.74, 6) is -1.92. The molecule has 0 heterocycles. The molecule has 0 fully saturated rings. The van der Waals surface area contributed by atoms with E-state index in [1.54, 1.807) is 24.3 Å². The Bertz CT molecular complexity index is 930. The Kier molecular flexibility index (Phi) is 9.15. The first-order valence-electron chi connectivity index (χ1n) is 9.66. The van der Waals surface area contributed by atoms with E-state index in [0.717, 1.165) is 12.5 Å². The van der Waals surface area contributed by atoms with Crippen molar-refractivity contribution in [1.82, 2.24) is 5.32 Å². The third kappa shape index (κ3) is 8.25. The van der Waals surface area contributed by atoms with Crippen LogP contribution in [0.1, 0.15) is 36.5 Å². The number of ether oxygens (including phenoxy) is 2. The number of amides is 3. The average Bonchev–Trinajstić information content (AvgIpc) is 2.76. The van der Waals surface area contributed by atoms with E-state index in [0.29, 0.717) is 17.9 Å². The number of carbonyl (C=O) groups excluding carboxylic acids is 4. The lowest BCUT2D eigenvalue weighted by Gasteiger charge is -2.08. The summed E-state index contributed by atoms with van der Waals surface area (Å²) < 4.78 is 23.6. The molecule has 0 unspecified atom stereocenters. The van der Waals surface area contributed by atoms with Crippen LogP contribution in [0.15, 0.2) is 48.5 Å². The minimum atomic E-state index is -0.965. The minimum Gasteiger partial charge on any atom is -0.494 e. The predicted molar refractivity (Wildman–Crippen MR) is 110 cm³/mol. The largest absolute Gasteiger partial charge is 0.494 e. The number of carbonyl (C=O) groups is 4. The monoisotopic (exact) mass is 430 g/mol. The fourth-order valence-electron chi connectivity index (χ4n) is 2.41. The summed E-state index contributed by atoms with van der Waals surface area (Å²) in [4.78, 5) is 47.2. The summed E-state index contributed by atoms with van der Waals surface area (Å²) in [7, 11) is 0. The molecule has 0 aromatic heterocycles. The molecule has 2 aromatic rings. The van der Waals surface area contributed by atoms with E-state index in [1.807, 2.05) is 12.2 Å². The molecule has 0 saturated carbocycles. The molecule has 0 radical (unpaired) electrons. The van der Waals surface area contributed by atoms with Gasteiger partial charge in [-0.2, -0.15) is 0 Å². The lowest BCUT2D eigenvalue weighted by atomic mass is 10.1. The van der Waals surface area contributed by atoms with Crippen molar-refractivity contribution in [1.29, 1.82) is 0 Å². The lowest BCUT2D eigenvalue weighted by molar-refractivity contribution is -0.148. The summed E-state index contributed by atoms with van der Waals surface area (Å²) in [6.07, 6.45) is 0.558. The first-order valence-corrected chi connectivity index (χ1v) is 9.66. The molecule has 2 N–H and O–H groups in total. The van der Waals surface area contributed by atoms with E-state index >= 15 is 0 Å². The number of Topliss-reactive ketones (excluding diaryl/α,β-unsaturated/α-hetero) is 1. The number of esters is 1. The highest BCUT2D eigenvalue weighted by Gasteiger charge is 2.14. The summed E-state index contributed by atoms with van der Waals surface area (Å²) >= 11 is 0. The number of anilines is 1. The highest BCUT2D eigenvalue weighted by Crippen LogP contribution is 2.15. The quantitative estimate of drug-likeness (QED) is 0.441. The number of rotatable bonds is 10. The van der Waals surface area contributed by atoms with E-state index < -0.39 is 30.3 Å². The van der Waals surface area contributed by atoms with Gasteiger partial charge in [-0.05, 0) is 42.8 Å². The van der Waals surface area contributed by atoms with Crippen molar-refractivity contribution in [3.05, 3.63) is 59.9 Å². The molecule has 0 bridgehead atoms. The number of ketones is 1. The van der Waals surface area contributed by atoms with Gasteiger partial charge >= 0.3 is 12.0 Å². The molecule has 2 rings (SSSR count). The standard InChI is InChI=1S/C22H23FN2O6/c1-2-13-30-16-9-7-15(8-10-16)19(26)11-12-21(28)31-14-20(27)25-22(29)24-18-6-4-3-5-17(18)23/h3-10H,2,11-14H2,1H3,(H2,24,25,27,29). The number of urea groups is 1. The number of nitrogens with one attached hydrogen (secondary N) is 2. The Balaban J connectivity index is 1.68. The molecule has 3 amide bonds. The van der Waals surface area contributed by atoms with Crippen molar-refractivity contribution in [3.8, 4) is 5.75 Å². The van der Waals surface area contributed by atoms with Crippen molar-refractivity contribution in [3.63, 3.8) is 0 Å². The smallest absolute Gasteiger partial charge is 0.326 e. The van der Waals surface area contributed by atoms with Crippen LogP contribution >= 0.6 is 0 Å². The van der Waals surface area contributed by atoms with Gasteiger partial charge in [0.05, 0.1) is 18.7 Å². The van der Waals surface area contributed by atoms with Gasteiger partial charge in [0.2, 0.25) is 0 Å². The topological polar surface area (TPSA) is 111 Å². The van der Waals surface area contributed by atoms with Gasteiger partial charge < -0.3 is 14.8 Å². The third-order valence-electron chi connectivity index (χ3n) is 3.94. The van der Waals surface area contributed by atoms with Gasteiger partial charge in [0.15, 0.2) is 12.4 Å². The highest BCUT2D eigenvalue weighted by molar-refractivity contribution is 6.02. The number of halogens is 1. The Morgan fingerprint density at radius 1 is 0.968 bits per heavy atom. The summed E-state index contributed by atoms with van der Waals surface area (Å²) in [5.41, 5.74) is 0.326. The van der Waals surface area contributed by atoms with Gasteiger partial charge in [0.1, 0.15) is 11.6 Å². The zero-order valence-corrected chi connectivity index (χ0v) is 17.0. The zero-order valence-electron chi connectivity index (χ0n) is 17.0. The summed E-state index contributed by atoms with van der Waals surface area (Å²) in [5, 5.41) is 4.07. The molecule has 8 nitrogen and oxygen atoms in total. The van der Waals surface area contributed by atoms with Gasteiger partial charge in [-0.25, -0.2) is 9.18 Å². The SMILES string of the molecule is CCCOc1ccc(C(=O)CCC(=O)OCC(=O)NC(=O)Nc2ccccc2F)cc1. The molecule has 164 valence electrons. The Morgan fingerprint density at radius 3 is 2.35 bits per heavy atom. The van der Waals surface area contributed by atoms with E-state index in [1.165, 1.54) is 18.2 Å². The molecule has 0 aliphatic rings. The fraction of sp³-hybridized carbons (Fsp3) is 0.273. The van der Waals surface area contributed by atoms with Gasteiger partial charge in [0.25, 0.3) is 5.91 Å². The molecule has 9 heteroatoms. The number of hydrogen-bond acceptors (Lipinski definition) is 6. The number of para-hydroxylation sites is 1. The van der Waals surface area contributed by atoms with E-state index in [9.17, 15) is 23.6 Å². The molecular weight excluding hydrogens is 407 g/mol. The Labute approximate surface area is 178 Å². The second-order valence-electron chi connectivity index (χ2n) is 6.44. The van der Waals surface area contributed by atoms with E-state index in [4.69, 9.17) is 9.47 Å². The van der Waals surface area contributed by atoms with E-state index in [2.05, 4.69) is 5.32 Å². The van der Waals surface area contributed by atoms with Crippen LogP contribution in [0.3, 0.4) is 0 Å². The summed E-state index contributed by atoms with van der Waals surface area (Å²) in [6.45, 7) is 1.86. The molecule has 0 aliphatic carbocycles. The number of benzene rings is 2. The molecule has 2 aromatic carbocycles. The number of hydrogen-bond donors (Lipinski definition) is 2. The molecule has 0 aliphatic heterocycles. The third-order valence-corrected chi connectivity index (χ3v) is 3.94. The zero-order chi connectivity index (χ0) is 22.6. The fourth-order valence-corrected chi connectivity index (χ4v) is 2.41. The maximum atomic E-state index is 13.5. The highest BCUT2D eigenvalue weighted by atomic mass is 19.1. The van der Waals surface area contributed by atoms with Crippen LogP contribution in [0.5, 0.6) is 5.75 Å². The Hall–Kier alpha value is -3.75. The van der Waals surface area contributed by atoms with Gasteiger partial charge in [-0.1, -0.05) is 19.1 Å². The molecular formula is C22H23FN2O6. The van der Waals surface area contributed by atoms with Gasteiger partial charge in [0, 0.05) is 12.0 Å². The van der Waals surface area contributed by atoms with Crippen LogP contribution in [0.4, 0.5) is 14.9 Å². The minimum absolute atomic E-state index is 0.0939. The second-order valence-corrected chi connectivity index (χ2v) is 6.44. The lowest BCUT2D eigenvalue weighted by Crippen LogP contribution is -2.37. The van der Waals surface area contributed by atoms with Crippen LogP contribution in [0, 0.1) is 5.82 Å². The van der Waals surface area contributed by atoms with Crippen LogP contribution in [0.2, 0.25) is 0 Å². The molecule has 31 heavy (non-hydrogen) atoms. The van der Waals surface area contributed by atoms with Gasteiger partial charge in [-0.3, -0.25) is 19.7 Å². The second kappa shape index (κ2) is 12.1. The van der Waals surface area contributed by atoms with Crippen molar-refractivity contribution < 1.29 is 33.0 Å². The first-order chi connectivity index (χ1) is 14.9. The van der Waals surface area contributed by atoms with Crippen LogP contribution in [-0.4, -0.2) is 36.9 Å². The number of imide groups is 1. The molecule has 0 saturated heterocycles. The maximum Gasteiger partial charge on any atom is 0.326 e. The molecule has 0 spiro atoms.